The monoisotopic (exact) mass is 413 g/mol. The van der Waals surface area contributed by atoms with Crippen molar-refractivity contribution in [3.05, 3.63) is 29.3 Å². The fourth-order valence-electron chi connectivity index (χ4n) is 4.87. The molecule has 0 bridgehead atoms. The Labute approximate surface area is 179 Å². The van der Waals surface area contributed by atoms with Crippen LogP contribution in [0, 0.1) is 17.8 Å². The number of benzene rings is 1. The molecule has 6 heteroatoms. The van der Waals surface area contributed by atoms with Crippen LogP contribution in [0.25, 0.3) is 0 Å². The van der Waals surface area contributed by atoms with Crippen LogP contribution in [0.4, 0.5) is 10.5 Å². The Hall–Kier alpha value is -2.08. The summed E-state index contributed by atoms with van der Waals surface area (Å²) in [6.45, 7) is 5.62. The minimum Gasteiger partial charge on any atom is -0.444 e. The molecular formula is C24H35N3O3. The first kappa shape index (κ1) is 21.2. The SMILES string of the molecule is CN(C(=O)OC(C)(C)C)[C@@H]1CCc2cc(NC(=O)[C@@H](N)C(C3CC3)C3CC3)ccc21. The lowest BCUT2D eigenvalue weighted by molar-refractivity contribution is -0.118. The zero-order valence-electron chi connectivity index (χ0n) is 18.6. The normalized spacial score (nSPS) is 21.9. The van der Waals surface area contributed by atoms with E-state index in [-0.39, 0.29) is 18.0 Å². The van der Waals surface area contributed by atoms with E-state index >= 15 is 0 Å². The number of amides is 2. The van der Waals surface area contributed by atoms with E-state index < -0.39 is 11.6 Å². The first-order chi connectivity index (χ1) is 14.1. The fraction of sp³-hybridized carbons (Fsp3) is 0.667. The second-order valence-electron chi connectivity index (χ2n) is 10.3. The second-order valence-corrected chi connectivity index (χ2v) is 10.3. The molecule has 2 amide bonds. The lowest BCUT2D eigenvalue weighted by Gasteiger charge is -2.29. The van der Waals surface area contributed by atoms with Crippen LogP contribution in [-0.4, -0.2) is 35.6 Å². The zero-order valence-corrected chi connectivity index (χ0v) is 18.6. The first-order valence-electron chi connectivity index (χ1n) is 11.3. The summed E-state index contributed by atoms with van der Waals surface area (Å²) in [5.41, 5.74) is 8.95. The molecule has 3 aliphatic carbocycles. The predicted molar refractivity (Wildman–Crippen MR) is 117 cm³/mol. The largest absolute Gasteiger partial charge is 0.444 e. The molecule has 3 aliphatic rings. The maximum absolute atomic E-state index is 12.8. The van der Waals surface area contributed by atoms with Gasteiger partial charge in [-0.2, -0.15) is 0 Å². The van der Waals surface area contributed by atoms with Gasteiger partial charge in [0.25, 0.3) is 0 Å². The molecule has 6 nitrogen and oxygen atoms in total. The average molecular weight is 414 g/mol. The summed E-state index contributed by atoms with van der Waals surface area (Å²) in [5, 5.41) is 3.05. The topological polar surface area (TPSA) is 84.7 Å². The van der Waals surface area contributed by atoms with Gasteiger partial charge in [0.05, 0.1) is 12.1 Å². The molecular weight excluding hydrogens is 378 g/mol. The molecule has 0 unspecified atom stereocenters. The third-order valence-corrected chi connectivity index (χ3v) is 6.66. The van der Waals surface area contributed by atoms with Crippen LogP contribution in [0.5, 0.6) is 0 Å². The van der Waals surface area contributed by atoms with Crippen molar-refractivity contribution in [2.75, 3.05) is 12.4 Å². The Morgan fingerprint density at radius 3 is 2.33 bits per heavy atom. The molecule has 0 heterocycles. The van der Waals surface area contributed by atoms with E-state index in [0.717, 1.165) is 24.1 Å². The van der Waals surface area contributed by atoms with Crippen molar-refractivity contribution in [3.63, 3.8) is 0 Å². The summed E-state index contributed by atoms with van der Waals surface area (Å²) in [6.07, 6.45) is 6.28. The number of fused-ring (bicyclic) bond motifs is 1. The molecule has 0 aromatic heterocycles. The smallest absolute Gasteiger partial charge is 0.410 e. The highest BCUT2D eigenvalue weighted by Crippen LogP contribution is 2.50. The molecule has 0 spiro atoms. The van der Waals surface area contributed by atoms with Crippen LogP contribution < -0.4 is 11.1 Å². The number of nitrogens with one attached hydrogen (secondary N) is 1. The van der Waals surface area contributed by atoms with Gasteiger partial charge in [0.15, 0.2) is 0 Å². The molecule has 1 aromatic rings. The quantitative estimate of drug-likeness (QED) is 0.730. The molecule has 2 saturated carbocycles. The number of rotatable bonds is 6. The average Bonchev–Trinajstić information content (AvgIpc) is 3.59. The van der Waals surface area contributed by atoms with Gasteiger partial charge in [0.2, 0.25) is 5.91 Å². The summed E-state index contributed by atoms with van der Waals surface area (Å²) < 4.78 is 5.52. The number of carbonyl (C=O) groups excluding carboxylic acids is 2. The highest BCUT2D eigenvalue weighted by molar-refractivity contribution is 5.95. The Kier molecular flexibility index (Phi) is 5.56. The highest BCUT2D eigenvalue weighted by Gasteiger charge is 2.46. The van der Waals surface area contributed by atoms with E-state index in [4.69, 9.17) is 10.5 Å². The number of nitrogens with two attached hydrogens (primary N) is 1. The molecule has 1 aromatic carbocycles. The van der Waals surface area contributed by atoms with Gasteiger partial charge in [-0.15, -0.1) is 0 Å². The number of ether oxygens (including phenoxy) is 1. The van der Waals surface area contributed by atoms with Gasteiger partial charge in [0, 0.05) is 12.7 Å². The molecule has 0 saturated heterocycles. The summed E-state index contributed by atoms with van der Waals surface area (Å²) in [4.78, 5) is 26.9. The van der Waals surface area contributed by atoms with Crippen LogP contribution in [-0.2, 0) is 16.0 Å². The van der Waals surface area contributed by atoms with Crippen molar-refractivity contribution in [1.29, 1.82) is 0 Å². The van der Waals surface area contributed by atoms with Crippen LogP contribution in [0.3, 0.4) is 0 Å². The molecule has 0 radical (unpaired) electrons. The van der Waals surface area contributed by atoms with Gasteiger partial charge >= 0.3 is 6.09 Å². The van der Waals surface area contributed by atoms with Gasteiger partial charge in [0.1, 0.15) is 5.60 Å². The summed E-state index contributed by atoms with van der Waals surface area (Å²) >= 11 is 0. The van der Waals surface area contributed by atoms with Gasteiger partial charge in [-0.05, 0) is 100 Å². The number of nitrogens with zero attached hydrogens (tertiary/aromatic N) is 1. The number of hydrogen-bond donors (Lipinski definition) is 2. The number of anilines is 1. The summed E-state index contributed by atoms with van der Waals surface area (Å²) in [6, 6.07) is 5.55. The fourth-order valence-corrected chi connectivity index (χ4v) is 4.87. The first-order valence-corrected chi connectivity index (χ1v) is 11.3. The van der Waals surface area contributed by atoms with Gasteiger partial charge in [-0.1, -0.05) is 6.07 Å². The van der Waals surface area contributed by atoms with E-state index in [1.54, 1.807) is 11.9 Å². The number of aryl methyl sites for hydroxylation is 1. The molecule has 2 atom stereocenters. The third kappa shape index (κ3) is 4.64. The summed E-state index contributed by atoms with van der Waals surface area (Å²) in [7, 11) is 1.79. The van der Waals surface area contributed by atoms with Crippen molar-refractivity contribution in [3.8, 4) is 0 Å². The lowest BCUT2D eigenvalue weighted by atomic mass is 9.89. The Balaban J connectivity index is 1.41. The zero-order chi connectivity index (χ0) is 21.6. The van der Waals surface area contributed by atoms with Crippen molar-refractivity contribution < 1.29 is 14.3 Å². The highest BCUT2D eigenvalue weighted by atomic mass is 16.6. The molecule has 164 valence electrons. The van der Waals surface area contributed by atoms with Crippen molar-refractivity contribution in [1.82, 2.24) is 4.90 Å². The van der Waals surface area contributed by atoms with E-state index in [1.807, 2.05) is 39.0 Å². The van der Waals surface area contributed by atoms with Crippen molar-refractivity contribution in [2.45, 2.75) is 77.0 Å². The van der Waals surface area contributed by atoms with E-state index in [9.17, 15) is 9.59 Å². The van der Waals surface area contributed by atoms with Crippen LogP contribution >= 0.6 is 0 Å². The second kappa shape index (κ2) is 7.88. The van der Waals surface area contributed by atoms with Crippen LogP contribution in [0.1, 0.15) is 70.0 Å². The molecule has 4 rings (SSSR count). The molecule has 30 heavy (non-hydrogen) atoms. The molecule has 3 N–H and O–H groups in total. The Morgan fingerprint density at radius 2 is 1.77 bits per heavy atom. The minimum absolute atomic E-state index is 0.00373. The van der Waals surface area contributed by atoms with Crippen molar-refractivity contribution >= 4 is 17.7 Å². The van der Waals surface area contributed by atoms with Crippen molar-refractivity contribution in [2.24, 2.45) is 23.5 Å². The Bertz CT molecular complexity index is 811. The maximum atomic E-state index is 12.8. The molecule has 0 aliphatic heterocycles. The Morgan fingerprint density at radius 1 is 1.13 bits per heavy atom. The van der Waals surface area contributed by atoms with E-state index in [1.165, 1.54) is 31.2 Å². The lowest BCUT2D eigenvalue weighted by Crippen LogP contribution is -2.43. The number of carbonyl (C=O) groups is 2. The van der Waals surface area contributed by atoms with Crippen LogP contribution in [0.15, 0.2) is 18.2 Å². The summed E-state index contributed by atoms with van der Waals surface area (Å²) in [5.74, 6) is 1.55. The minimum atomic E-state index is -0.515. The van der Waals surface area contributed by atoms with Gasteiger partial charge in [-0.3, -0.25) is 4.79 Å². The third-order valence-electron chi connectivity index (χ3n) is 6.66. The van der Waals surface area contributed by atoms with E-state index in [2.05, 4.69) is 5.32 Å². The molecule has 2 fully saturated rings. The maximum Gasteiger partial charge on any atom is 0.410 e. The predicted octanol–water partition coefficient (Wildman–Crippen LogP) is 4.24. The van der Waals surface area contributed by atoms with Crippen LogP contribution in [0.2, 0.25) is 0 Å². The standard InChI is InChI=1S/C24H35N3O3/c1-24(2,3)30-23(29)27(4)19-12-9-16-13-17(10-11-18(16)19)26-22(28)21(25)20(14-5-6-14)15-7-8-15/h10-11,13-15,19-21H,5-9,12,25H2,1-4H3,(H,26,28)/t19-,21+/m1/s1. The van der Waals surface area contributed by atoms with E-state index in [0.29, 0.717) is 17.8 Å². The number of hydrogen-bond acceptors (Lipinski definition) is 4. The van der Waals surface area contributed by atoms with Gasteiger partial charge < -0.3 is 20.7 Å². The van der Waals surface area contributed by atoms with Gasteiger partial charge in [-0.25, -0.2) is 4.79 Å².